The van der Waals surface area contributed by atoms with Crippen molar-refractivity contribution in [3.8, 4) is 0 Å². The van der Waals surface area contributed by atoms with Crippen LogP contribution in [-0.2, 0) is 48.8 Å². The van der Waals surface area contributed by atoms with E-state index >= 15 is 0 Å². The van der Waals surface area contributed by atoms with Crippen molar-refractivity contribution < 1.29 is 51.1 Å². The smallest absolute Gasteiger partial charge is 0.269 e. The van der Waals surface area contributed by atoms with Crippen LogP contribution in [0.4, 0.5) is 0 Å². The van der Waals surface area contributed by atoms with E-state index in [4.69, 9.17) is 9.11 Å². The fourth-order valence-corrected chi connectivity index (χ4v) is 4.19. The molecule has 0 bridgehead atoms. The maximum atomic E-state index is 11.3. The van der Waals surface area contributed by atoms with Crippen molar-refractivity contribution in [1.29, 1.82) is 0 Å². The van der Waals surface area contributed by atoms with Crippen LogP contribution in [0.1, 0.15) is 12.8 Å². The van der Waals surface area contributed by atoms with Crippen LogP contribution >= 0.6 is 0 Å². The summed E-state index contributed by atoms with van der Waals surface area (Å²) in [6.45, 7) is -1.21. The number of rotatable bonds is 12. The van der Waals surface area contributed by atoms with Gasteiger partial charge in [0.15, 0.2) is 6.79 Å². The molecule has 0 fully saturated rings. The van der Waals surface area contributed by atoms with E-state index in [0.29, 0.717) is 0 Å². The summed E-state index contributed by atoms with van der Waals surface area (Å²) >= 11 is 0. The summed E-state index contributed by atoms with van der Waals surface area (Å²) in [5.41, 5.74) is 0. The van der Waals surface area contributed by atoms with Crippen molar-refractivity contribution in [2.24, 2.45) is 0 Å². The van der Waals surface area contributed by atoms with Gasteiger partial charge in [0.1, 0.15) is 0 Å². The normalized spacial score (nSPS) is 14.0. The summed E-state index contributed by atoms with van der Waals surface area (Å²) in [6.07, 6.45) is -0.940. The SMILES string of the molecule is O=S(=O)(O)CCCS(=O)(=O)OCOS(=O)(=O)CCCS(=O)(=O)O. The van der Waals surface area contributed by atoms with Gasteiger partial charge in [-0.3, -0.25) is 9.11 Å². The lowest BCUT2D eigenvalue weighted by Crippen LogP contribution is -2.20. The van der Waals surface area contributed by atoms with Gasteiger partial charge in [0.2, 0.25) is 0 Å². The molecule has 0 aromatic heterocycles. The van der Waals surface area contributed by atoms with Crippen LogP contribution in [0.2, 0.25) is 0 Å². The average Bonchev–Trinajstić information content (AvgIpc) is 2.23. The Labute approximate surface area is 134 Å². The van der Waals surface area contributed by atoms with Gasteiger partial charge in [-0.2, -0.15) is 33.7 Å². The van der Waals surface area contributed by atoms with E-state index in [1.165, 1.54) is 0 Å². The molecule has 2 N–H and O–H groups in total. The third-order valence-electron chi connectivity index (χ3n) is 2.05. The Kier molecular flexibility index (Phi) is 8.52. The molecular weight excluding hydrogens is 404 g/mol. The van der Waals surface area contributed by atoms with Gasteiger partial charge < -0.3 is 0 Å². The lowest BCUT2D eigenvalue weighted by Gasteiger charge is -2.06. The standard InChI is InChI=1S/C7H16O12S4/c8-20(9,10)3-1-5-22(14,15)18-7-19-23(16,17)6-2-4-21(11,12)13/h1-7H2,(H,8,9,10)(H,11,12,13). The zero-order valence-corrected chi connectivity index (χ0v) is 14.8. The molecule has 0 saturated carbocycles. The lowest BCUT2D eigenvalue weighted by atomic mass is 10.6. The Hall–Kier alpha value is -0.360. The molecule has 12 nitrogen and oxygen atoms in total. The van der Waals surface area contributed by atoms with Crippen LogP contribution in [0.15, 0.2) is 0 Å². The van der Waals surface area contributed by atoms with E-state index in [9.17, 15) is 33.7 Å². The van der Waals surface area contributed by atoms with E-state index < -0.39 is 83.1 Å². The summed E-state index contributed by atoms with van der Waals surface area (Å²) < 4.78 is 112. The zero-order valence-electron chi connectivity index (χ0n) is 11.6. The summed E-state index contributed by atoms with van der Waals surface area (Å²) in [5.74, 6) is -3.22. The Morgan fingerprint density at radius 2 is 0.870 bits per heavy atom. The molecule has 0 unspecified atom stereocenters. The van der Waals surface area contributed by atoms with Crippen LogP contribution in [0.5, 0.6) is 0 Å². The van der Waals surface area contributed by atoms with Crippen LogP contribution in [0.25, 0.3) is 0 Å². The molecule has 0 spiro atoms. The highest BCUT2D eigenvalue weighted by atomic mass is 32.2. The molecule has 0 radical (unpaired) electrons. The largest absolute Gasteiger partial charge is 0.286 e. The van der Waals surface area contributed by atoms with Gasteiger partial charge in [-0.15, -0.1) is 0 Å². The van der Waals surface area contributed by atoms with Gasteiger partial charge in [-0.05, 0) is 12.8 Å². The van der Waals surface area contributed by atoms with Crippen LogP contribution in [0.3, 0.4) is 0 Å². The molecule has 0 aliphatic rings. The van der Waals surface area contributed by atoms with Crippen LogP contribution < -0.4 is 0 Å². The average molecular weight is 420 g/mol. The highest BCUT2D eigenvalue weighted by molar-refractivity contribution is 7.88. The Morgan fingerprint density at radius 3 is 1.13 bits per heavy atom. The molecule has 0 aromatic carbocycles. The second-order valence-electron chi connectivity index (χ2n) is 4.16. The summed E-state index contributed by atoms with van der Waals surface area (Å²) in [4.78, 5) is 0. The second kappa shape index (κ2) is 8.65. The van der Waals surface area contributed by atoms with Crippen LogP contribution in [0, 0.1) is 0 Å². The van der Waals surface area contributed by atoms with Crippen molar-refractivity contribution >= 4 is 40.5 Å². The van der Waals surface area contributed by atoms with Crippen molar-refractivity contribution in [2.75, 3.05) is 29.8 Å². The van der Waals surface area contributed by atoms with Crippen molar-refractivity contribution in [3.05, 3.63) is 0 Å². The molecular formula is C7H16O12S4. The molecule has 0 saturated heterocycles. The quantitative estimate of drug-likeness (QED) is 0.204. The van der Waals surface area contributed by atoms with Gasteiger partial charge in [-0.25, -0.2) is 8.37 Å². The first-order valence-electron chi connectivity index (χ1n) is 5.76. The molecule has 23 heavy (non-hydrogen) atoms. The third-order valence-corrected chi connectivity index (χ3v) is 6.15. The fraction of sp³-hybridized carbons (Fsp3) is 1.00. The maximum Gasteiger partial charge on any atom is 0.269 e. The van der Waals surface area contributed by atoms with E-state index in [2.05, 4.69) is 8.37 Å². The molecule has 0 amide bonds. The van der Waals surface area contributed by atoms with E-state index in [0.717, 1.165) is 0 Å². The minimum absolute atomic E-state index is 0.470. The lowest BCUT2D eigenvalue weighted by molar-refractivity contribution is 0.132. The first-order chi connectivity index (χ1) is 10.1. The molecule has 0 atom stereocenters. The maximum absolute atomic E-state index is 11.3. The van der Waals surface area contributed by atoms with Gasteiger partial charge in [0.25, 0.3) is 40.5 Å². The monoisotopic (exact) mass is 420 g/mol. The molecule has 0 aromatic rings. The van der Waals surface area contributed by atoms with Crippen molar-refractivity contribution in [1.82, 2.24) is 0 Å². The summed E-state index contributed by atoms with van der Waals surface area (Å²) in [5, 5.41) is 0. The van der Waals surface area contributed by atoms with Crippen molar-refractivity contribution in [2.45, 2.75) is 12.8 Å². The first kappa shape index (κ1) is 22.6. The highest BCUT2D eigenvalue weighted by Crippen LogP contribution is 2.03. The van der Waals surface area contributed by atoms with Gasteiger partial charge in [0, 0.05) is 0 Å². The minimum atomic E-state index is -4.33. The summed E-state index contributed by atoms with van der Waals surface area (Å²) in [6, 6.07) is 0. The minimum Gasteiger partial charge on any atom is -0.286 e. The molecule has 0 aliphatic carbocycles. The second-order valence-corrected chi connectivity index (χ2v) is 10.8. The highest BCUT2D eigenvalue weighted by Gasteiger charge is 2.18. The Morgan fingerprint density at radius 1 is 0.565 bits per heavy atom. The van der Waals surface area contributed by atoms with Gasteiger partial charge >= 0.3 is 0 Å². The summed E-state index contributed by atoms with van der Waals surface area (Å²) in [7, 11) is -17.2. The van der Waals surface area contributed by atoms with E-state index in [1.54, 1.807) is 0 Å². The molecule has 16 heteroatoms. The topological polar surface area (TPSA) is 195 Å². The molecule has 0 aliphatic heterocycles. The molecule has 0 rings (SSSR count). The number of hydrogen-bond donors (Lipinski definition) is 2. The predicted molar refractivity (Wildman–Crippen MR) is 76.7 cm³/mol. The Balaban J connectivity index is 4.21. The molecule has 0 heterocycles. The van der Waals surface area contributed by atoms with E-state index in [-0.39, 0.29) is 0 Å². The van der Waals surface area contributed by atoms with Crippen molar-refractivity contribution in [3.63, 3.8) is 0 Å². The fourth-order valence-electron chi connectivity index (χ4n) is 1.12. The molecule has 140 valence electrons. The van der Waals surface area contributed by atoms with Gasteiger partial charge in [0.05, 0.1) is 23.0 Å². The Bertz CT molecular complexity index is 704. The van der Waals surface area contributed by atoms with Gasteiger partial charge in [-0.1, -0.05) is 0 Å². The number of hydrogen-bond acceptors (Lipinski definition) is 10. The van der Waals surface area contributed by atoms with E-state index in [1.807, 2.05) is 0 Å². The predicted octanol–water partition coefficient (Wildman–Crippen LogP) is -1.81. The first-order valence-corrected chi connectivity index (χ1v) is 12.1. The third kappa shape index (κ3) is 14.9. The zero-order chi connectivity index (χ0) is 18.4. The van der Waals surface area contributed by atoms with Crippen LogP contribution in [-0.4, -0.2) is 72.6 Å².